The molecule has 3 N–H and O–H groups in total. The van der Waals surface area contributed by atoms with E-state index in [0.29, 0.717) is 6.54 Å². The minimum absolute atomic E-state index is 0.503. The van der Waals surface area contributed by atoms with E-state index >= 15 is 0 Å². The van der Waals surface area contributed by atoms with Crippen molar-refractivity contribution in [3.8, 4) is 11.3 Å². The molecule has 19 heavy (non-hydrogen) atoms. The van der Waals surface area contributed by atoms with E-state index in [9.17, 15) is 0 Å². The Kier molecular flexibility index (Phi) is 2.91. The lowest BCUT2D eigenvalue weighted by atomic mass is 10.1. The summed E-state index contributed by atoms with van der Waals surface area (Å²) in [4.78, 5) is 3.48. The molecule has 0 amide bonds. The van der Waals surface area contributed by atoms with Crippen molar-refractivity contribution in [3.05, 3.63) is 47.4 Å². The molecule has 3 nitrogen and oxygen atoms in total. The van der Waals surface area contributed by atoms with Crippen LogP contribution in [0.1, 0.15) is 23.8 Å². The van der Waals surface area contributed by atoms with Gasteiger partial charge in [0.1, 0.15) is 12.0 Å². The summed E-state index contributed by atoms with van der Waals surface area (Å²) in [7, 11) is 0. The smallest absolute Gasteiger partial charge is 0.108 e. The monoisotopic (exact) mass is 254 g/mol. The Labute approximate surface area is 112 Å². The third-order valence-electron chi connectivity index (χ3n) is 3.66. The maximum absolute atomic E-state index is 5.86. The van der Waals surface area contributed by atoms with E-state index in [1.54, 1.807) is 6.26 Å². The van der Waals surface area contributed by atoms with E-state index < -0.39 is 0 Å². The van der Waals surface area contributed by atoms with Gasteiger partial charge in [0.15, 0.2) is 0 Å². The zero-order chi connectivity index (χ0) is 13.4. The molecule has 0 saturated carbocycles. The highest BCUT2D eigenvalue weighted by atomic mass is 16.3. The number of furan rings is 1. The van der Waals surface area contributed by atoms with Gasteiger partial charge in [0.05, 0.1) is 5.69 Å². The van der Waals surface area contributed by atoms with Crippen LogP contribution in [0.2, 0.25) is 0 Å². The van der Waals surface area contributed by atoms with Gasteiger partial charge in [0.25, 0.3) is 0 Å². The minimum atomic E-state index is 0.503. The molecule has 0 aliphatic heterocycles. The Morgan fingerprint density at radius 2 is 2.16 bits per heavy atom. The first kappa shape index (κ1) is 12.1. The molecule has 0 unspecified atom stereocenters. The zero-order valence-corrected chi connectivity index (χ0v) is 11.3. The van der Waals surface area contributed by atoms with Crippen molar-refractivity contribution in [2.75, 3.05) is 0 Å². The normalized spacial score (nSPS) is 11.3. The first-order chi connectivity index (χ1) is 9.24. The summed E-state index contributed by atoms with van der Waals surface area (Å²) in [5, 5.41) is 1.22. The molecular weight excluding hydrogens is 236 g/mol. The first-order valence-corrected chi connectivity index (χ1v) is 6.62. The van der Waals surface area contributed by atoms with Gasteiger partial charge in [0.2, 0.25) is 0 Å². The van der Waals surface area contributed by atoms with E-state index in [2.05, 4.69) is 43.1 Å². The lowest BCUT2D eigenvalue weighted by molar-refractivity contribution is 0.511. The Morgan fingerprint density at radius 3 is 2.84 bits per heavy atom. The second-order valence-electron chi connectivity index (χ2n) is 4.83. The number of benzene rings is 1. The van der Waals surface area contributed by atoms with Crippen LogP contribution in [0.3, 0.4) is 0 Å². The SMILES string of the molecule is CCc1occ(-c2cc3cccc(C)c3[nH]2)c1CN. The van der Waals surface area contributed by atoms with Gasteiger partial charge in [-0.1, -0.05) is 25.1 Å². The fraction of sp³-hybridized carbons (Fsp3) is 0.250. The molecule has 0 fully saturated rings. The number of aromatic nitrogens is 1. The molecule has 3 rings (SSSR count). The van der Waals surface area contributed by atoms with Crippen LogP contribution in [0.15, 0.2) is 34.9 Å². The van der Waals surface area contributed by atoms with Gasteiger partial charge < -0.3 is 15.1 Å². The molecule has 2 heterocycles. The Bertz CT molecular complexity index is 722. The summed E-state index contributed by atoms with van der Waals surface area (Å²) < 4.78 is 5.62. The number of hydrogen-bond acceptors (Lipinski definition) is 2. The average molecular weight is 254 g/mol. The molecule has 1 aromatic carbocycles. The van der Waals surface area contributed by atoms with Crippen molar-refractivity contribution in [1.82, 2.24) is 4.98 Å². The van der Waals surface area contributed by atoms with Crippen LogP contribution < -0.4 is 5.73 Å². The summed E-state index contributed by atoms with van der Waals surface area (Å²) in [6.45, 7) is 4.69. The Hall–Kier alpha value is -2.00. The number of aryl methyl sites for hydroxylation is 2. The average Bonchev–Trinajstić information content (AvgIpc) is 3.01. The largest absolute Gasteiger partial charge is 0.468 e. The van der Waals surface area contributed by atoms with Crippen molar-refractivity contribution in [3.63, 3.8) is 0 Å². The van der Waals surface area contributed by atoms with Gasteiger partial charge in [-0.25, -0.2) is 0 Å². The van der Waals surface area contributed by atoms with Crippen molar-refractivity contribution in [2.24, 2.45) is 5.73 Å². The molecule has 3 aromatic rings. The molecule has 0 spiro atoms. The van der Waals surface area contributed by atoms with E-state index in [-0.39, 0.29) is 0 Å². The van der Waals surface area contributed by atoms with E-state index in [1.807, 2.05) is 0 Å². The Balaban J connectivity index is 2.19. The predicted molar refractivity (Wildman–Crippen MR) is 78.0 cm³/mol. The maximum Gasteiger partial charge on any atom is 0.108 e. The predicted octanol–water partition coefficient (Wildman–Crippen LogP) is 3.76. The standard InChI is InChI=1S/C16H18N2O/c1-3-15-12(8-17)13(9-19-15)14-7-11-6-4-5-10(2)16(11)18-14/h4-7,9,18H,3,8,17H2,1-2H3. The number of nitrogens with two attached hydrogens (primary N) is 1. The maximum atomic E-state index is 5.86. The van der Waals surface area contributed by atoms with Crippen molar-refractivity contribution in [1.29, 1.82) is 0 Å². The molecule has 3 heteroatoms. The third kappa shape index (κ3) is 1.87. The summed E-state index contributed by atoms with van der Waals surface area (Å²) >= 11 is 0. The molecule has 0 bridgehead atoms. The lowest BCUT2D eigenvalue weighted by Crippen LogP contribution is -1.99. The number of hydrogen-bond donors (Lipinski definition) is 2. The zero-order valence-electron chi connectivity index (χ0n) is 11.3. The van der Waals surface area contributed by atoms with Crippen LogP contribution >= 0.6 is 0 Å². The molecule has 0 aliphatic rings. The van der Waals surface area contributed by atoms with Crippen LogP contribution in [0.4, 0.5) is 0 Å². The van der Waals surface area contributed by atoms with E-state index in [1.165, 1.54) is 16.5 Å². The highest BCUT2D eigenvalue weighted by Crippen LogP contribution is 2.31. The second kappa shape index (κ2) is 4.59. The summed E-state index contributed by atoms with van der Waals surface area (Å²) in [5.41, 5.74) is 11.5. The fourth-order valence-corrected chi connectivity index (χ4v) is 2.62. The van der Waals surface area contributed by atoms with Crippen LogP contribution in [0.5, 0.6) is 0 Å². The molecule has 2 aromatic heterocycles. The molecule has 0 atom stereocenters. The summed E-state index contributed by atoms with van der Waals surface area (Å²) in [5.74, 6) is 0.980. The van der Waals surface area contributed by atoms with Gasteiger partial charge in [-0.3, -0.25) is 0 Å². The van der Waals surface area contributed by atoms with Gasteiger partial charge in [-0.15, -0.1) is 0 Å². The number of nitrogens with one attached hydrogen (secondary N) is 1. The Morgan fingerprint density at radius 1 is 1.32 bits per heavy atom. The van der Waals surface area contributed by atoms with E-state index in [4.69, 9.17) is 10.2 Å². The van der Waals surface area contributed by atoms with Crippen molar-refractivity contribution in [2.45, 2.75) is 26.8 Å². The molecule has 0 radical (unpaired) electrons. The first-order valence-electron chi connectivity index (χ1n) is 6.62. The highest BCUT2D eigenvalue weighted by molar-refractivity contribution is 5.88. The number of H-pyrrole nitrogens is 1. The van der Waals surface area contributed by atoms with Gasteiger partial charge in [-0.05, 0) is 18.6 Å². The van der Waals surface area contributed by atoms with Gasteiger partial charge >= 0.3 is 0 Å². The van der Waals surface area contributed by atoms with Gasteiger partial charge in [0, 0.05) is 35.0 Å². The van der Waals surface area contributed by atoms with Crippen LogP contribution in [-0.4, -0.2) is 4.98 Å². The molecule has 0 saturated heterocycles. The van der Waals surface area contributed by atoms with E-state index in [0.717, 1.165) is 29.0 Å². The topological polar surface area (TPSA) is 55.0 Å². The number of rotatable bonds is 3. The van der Waals surface area contributed by atoms with Crippen LogP contribution in [0, 0.1) is 6.92 Å². The molecular formula is C16H18N2O. The summed E-state index contributed by atoms with van der Waals surface area (Å²) in [6.07, 6.45) is 2.67. The summed E-state index contributed by atoms with van der Waals surface area (Å²) in [6, 6.07) is 8.46. The third-order valence-corrected chi connectivity index (χ3v) is 3.66. The van der Waals surface area contributed by atoms with Crippen molar-refractivity contribution < 1.29 is 4.42 Å². The number of fused-ring (bicyclic) bond motifs is 1. The van der Waals surface area contributed by atoms with Crippen LogP contribution in [-0.2, 0) is 13.0 Å². The molecule has 0 aliphatic carbocycles. The minimum Gasteiger partial charge on any atom is -0.468 e. The molecule has 98 valence electrons. The van der Waals surface area contributed by atoms with Crippen molar-refractivity contribution >= 4 is 10.9 Å². The number of aromatic amines is 1. The fourth-order valence-electron chi connectivity index (χ4n) is 2.62. The van der Waals surface area contributed by atoms with Crippen LogP contribution in [0.25, 0.3) is 22.2 Å². The van der Waals surface area contributed by atoms with Gasteiger partial charge in [-0.2, -0.15) is 0 Å². The quantitative estimate of drug-likeness (QED) is 0.747. The number of para-hydroxylation sites is 1. The highest BCUT2D eigenvalue weighted by Gasteiger charge is 2.14. The second-order valence-corrected chi connectivity index (χ2v) is 4.83. The lowest BCUT2D eigenvalue weighted by Gasteiger charge is -1.99.